The van der Waals surface area contributed by atoms with Crippen LogP contribution in [0.3, 0.4) is 0 Å². The van der Waals surface area contributed by atoms with Gasteiger partial charge in [0.2, 0.25) is 5.91 Å². The van der Waals surface area contributed by atoms with E-state index in [1.807, 2.05) is 0 Å². The van der Waals surface area contributed by atoms with Crippen LogP contribution in [-0.2, 0) is 4.79 Å². The zero-order valence-corrected chi connectivity index (χ0v) is 12.4. The van der Waals surface area contributed by atoms with Crippen LogP contribution in [0.4, 0.5) is 4.79 Å². The lowest BCUT2D eigenvalue weighted by Crippen LogP contribution is -2.36. The van der Waals surface area contributed by atoms with Crippen LogP contribution in [-0.4, -0.2) is 53.4 Å². The summed E-state index contributed by atoms with van der Waals surface area (Å²) >= 11 is 0. The summed E-state index contributed by atoms with van der Waals surface area (Å²) in [6.07, 6.45) is 5.51. The molecule has 20 heavy (non-hydrogen) atoms. The number of nitrogens with one attached hydrogen (secondary N) is 1. The SMILES string of the molecule is CCCCCCCC(=O)N(CCO)CCCNC(=O)O. The maximum Gasteiger partial charge on any atom is 0.404 e. The number of hydrogen-bond donors (Lipinski definition) is 3. The third kappa shape index (κ3) is 10.6. The molecule has 0 radical (unpaired) electrons. The van der Waals surface area contributed by atoms with Crippen LogP contribution in [0.1, 0.15) is 51.9 Å². The largest absolute Gasteiger partial charge is 0.465 e. The van der Waals surface area contributed by atoms with Gasteiger partial charge in [0.15, 0.2) is 0 Å². The lowest BCUT2D eigenvalue weighted by Gasteiger charge is -2.21. The van der Waals surface area contributed by atoms with Crippen LogP contribution >= 0.6 is 0 Å². The Morgan fingerprint density at radius 1 is 1.05 bits per heavy atom. The molecule has 0 unspecified atom stereocenters. The molecule has 0 saturated carbocycles. The van der Waals surface area contributed by atoms with Crippen LogP contribution in [0.5, 0.6) is 0 Å². The summed E-state index contributed by atoms with van der Waals surface area (Å²) in [4.78, 5) is 23.9. The first-order valence-electron chi connectivity index (χ1n) is 7.47. The molecule has 0 aromatic rings. The van der Waals surface area contributed by atoms with Crippen molar-refractivity contribution in [1.82, 2.24) is 10.2 Å². The molecule has 0 aliphatic carbocycles. The summed E-state index contributed by atoms with van der Waals surface area (Å²) < 4.78 is 0. The predicted molar refractivity (Wildman–Crippen MR) is 77.7 cm³/mol. The number of carbonyl (C=O) groups is 2. The van der Waals surface area contributed by atoms with E-state index in [4.69, 9.17) is 10.2 Å². The maximum atomic E-state index is 12.0. The number of aliphatic hydroxyl groups excluding tert-OH is 1. The number of aliphatic hydroxyl groups is 1. The molecule has 0 fully saturated rings. The second-order valence-electron chi connectivity index (χ2n) is 4.85. The molecular formula is C14H28N2O4. The highest BCUT2D eigenvalue weighted by Crippen LogP contribution is 2.07. The summed E-state index contributed by atoms with van der Waals surface area (Å²) in [5.41, 5.74) is 0. The molecule has 0 rings (SSSR count). The van der Waals surface area contributed by atoms with Crippen molar-refractivity contribution >= 4 is 12.0 Å². The number of hydrogen-bond acceptors (Lipinski definition) is 3. The third-order valence-corrected chi connectivity index (χ3v) is 3.10. The quantitative estimate of drug-likeness (QED) is 0.478. The van der Waals surface area contributed by atoms with E-state index in [1.54, 1.807) is 4.90 Å². The molecule has 0 bridgehead atoms. The van der Waals surface area contributed by atoms with Gasteiger partial charge in [-0.05, 0) is 12.8 Å². The van der Waals surface area contributed by atoms with E-state index < -0.39 is 6.09 Å². The topological polar surface area (TPSA) is 89.9 Å². The number of unbranched alkanes of at least 4 members (excludes halogenated alkanes) is 4. The van der Waals surface area contributed by atoms with Gasteiger partial charge in [0.25, 0.3) is 0 Å². The zero-order valence-electron chi connectivity index (χ0n) is 12.4. The Labute approximate surface area is 121 Å². The Kier molecular flexibility index (Phi) is 11.9. The molecule has 0 aromatic carbocycles. The second kappa shape index (κ2) is 12.7. The number of nitrogens with zero attached hydrogens (tertiary/aromatic N) is 1. The predicted octanol–water partition coefficient (Wildman–Crippen LogP) is 1.83. The minimum Gasteiger partial charge on any atom is -0.465 e. The minimum absolute atomic E-state index is 0.0471. The van der Waals surface area contributed by atoms with E-state index in [0.717, 1.165) is 19.3 Å². The first-order chi connectivity index (χ1) is 9.61. The molecule has 6 nitrogen and oxygen atoms in total. The standard InChI is InChI=1S/C14H28N2O4/c1-2-3-4-5-6-8-13(18)16(11-12-17)10-7-9-15-14(19)20/h15,17H,2-12H2,1H3,(H,19,20). The van der Waals surface area contributed by atoms with Gasteiger partial charge in [-0.15, -0.1) is 0 Å². The van der Waals surface area contributed by atoms with Crippen molar-refractivity contribution in [3.8, 4) is 0 Å². The summed E-state index contributed by atoms with van der Waals surface area (Å²) in [6.45, 7) is 3.21. The average molecular weight is 288 g/mol. The van der Waals surface area contributed by atoms with Crippen molar-refractivity contribution < 1.29 is 19.8 Å². The van der Waals surface area contributed by atoms with Crippen molar-refractivity contribution in [2.24, 2.45) is 0 Å². The highest BCUT2D eigenvalue weighted by Gasteiger charge is 2.12. The number of amides is 2. The molecule has 3 N–H and O–H groups in total. The van der Waals surface area contributed by atoms with Gasteiger partial charge in [0.1, 0.15) is 0 Å². The van der Waals surface area contributed by atoms with E-state index in [2.05, 4.69) is 12.2 Å². The van der Waals surface area contributed by atoms with Gasteiger partial charge in [-0.1, -0.05) is 32.6 Å². The van der Waals surface area contributed by atoms with Crippen LogP contribution in [0.25, 0.3) is 0 Å². The first kappa shape index (κ1) is 18.7. The molecule has 0 atom stereocenters. The average Bonchev–Trinajstić information content (AvgIpc) is 2.41. The summed E-state index contributed by atoms with van der Waals surface area (Å²) in [6, 6.07) is 0. The Morgan fingerprint density at radius 3 is 2.35 bits per heavy atom. The van der Waals surface area contributed by atoms with Crippen LogP contribution < -0.4 is 5.32 Å². The molecule has 118 valence electrons. The summed E-state index contributed by atoms with van der Waals surface area (Å²) in [7, 11) is 0. The molecular weight excluding hydrogens is 260 g/mol. The maximum absolute atomic E-state index is 12.0. The zero-order chi connectivity index (χ0) is 15.2. The van der Waals surface area contributed by atoms with E-state index in [1.165, 1.54) is 12.8 Å². The Hall–Kier alpha value is -1.30. The molecule has 6 heteroatoms. The van der Waals surface area contributed by atoms with Crippen LogP contribution in [0, 0.1) is 0 Å². The monoisotopic (exact) mass is 288 g/mol. The van der Waals surface area contributed by atoms with Crippen molar-refractivity contribution in [1.29, 1.82) is 0 Å². The molecule has 0 saturated heterocycles. The Balaban J connectivity index is 3.84. The van der Waals surface area contributed by atoms with Gasteiger partial charge >= 0.3 is 6.09 Å². The fraction of sp³-hybridized carbons (Fsp3) is 0.857. The van der Waals surface area contributed by atoms with Crippen molar-refractivity contribution in [3.63, 3.8) is 0 Å². The summed E-state index contributed by atoms with van der Waals surface area (Å²) in [5, 5.41) is 19.7. The lowest BCUT2D eigenvalue weighted by atomic mass is 10.1. The summed E-state index contributed by atoms with van der Waals surface area (Å²) in [5.74, 6) is 0.0471. The van der Waals surface area contributed by atoms with Gasteiger partial charge in [0, 0.05) is 26.1 Å². The number of rotatable bonds is 12. The molecule has 0 aliphatic heterocycles. The minimum atomic E-state index is -1.05. The van der Waals surface area contributed by atoms with Gasteiger partial charge in [-0.25, -0.2) is 4.79 Å². The third-order valence-electron chi connectivity index (χ3n) is 3.10. The van der Waals surface area contributed by atoms with E-state index >= 15 is 0 Å². The van der Waals surface area contributed by atoms with Gasteiger partial charge in [-0.3, -0.25) is 4.79 Å². The van der Waals surface area contributed by atoms with Crippen molar-refractivity contribution in [2.75, 3.05) is 26.2 Å². The molecule has 0 spiro atoms. The Bertz CT molecular complexity index is 272. The molecule has 0 aromatic heterocycles. The normalized spacial score (nSPS) is 10.3. The fourth-order valence-electron chi connectivity index (χ4n) is 1.99. The van der Waals surface area contributed by atoms with Gasteiger partial charge in [0.05, 0.1) is 6.61 Å². The highest BCUT2D eigenvalue weighted by atomic mass is 16.4. The van der Waals surface area contributed by atoms with Crippen LogP contribution in [0.2, 0.25) is 0 Å². The fourth-order valence-corrected chi connectivity index (χ4v) is 1.99. The smallest absolute Gasteiger partial charge is 0.404 e. The highest BCUT2D eigenvalue weighted by molar-refractivity contribution is 5.76. The van der Waals surface area contributed by atoms with E-state index in [9.17, 15) is 9.59 Å². The van der Waals surface area contributed by atoms with Crippen LogP contribution in [0.15, 0.2) is 0 Å². The number of carbonyl (C=O) groups excluding carboxylic acids is 1. The van der Waals surface area contributed by atoms with E-state index in [0.29, 0.717) is 32.5 Å². The molecule has 2 amide bonds. The van der Waals surface area contributed by atoms with Gasteiger partial charge in [-0.2, -0.15) is 0 Å². The second-order valence-corrected chi connectivity index (χ2v) is 4.85. The lowest BCUT2D eigenvalue weighted by molar-refractivity contribution is -0.131. The van der Waals surface area contributed by atoms with Crippen molar-refractivity contribution in [2.45, 2.75) is 51.9 Å². The van der Waals surface area contributed by atoms with Crippen molar-refractivity contribution in [3.05, 3.63) is 0 Å². The Morgan fingerprint density at radius 2 is 1.75 bits per heavy atom. The van der Waals surface area contributed by atoms with Gasteiger partial charge < -0.3 is 20.4 Å². The first-order valence-corrected chi connectivity index (χ1v) is 7.47. The number of carboxylic acid groups (broad SMARTS) is 1. The molecule has 0 aliphatic rings. The van der Waals surface area contributed by atoms with E-state index in [-0.39, 0.29) is 12.5 Å². The molecule has 0 heterocycles.